The van der Waals surface area contributed by atoms with Crippen molar-refractivity contribution in [1.82, 2.24) is 0 Å². The zero-order valence-electron chi connectivity index (χ0n) is 7.98. The van der Waals surface area contributed by atoms with Crippen molar-refractivity contribution < 1.29 is 17.9 Å². The number of rotatable bonds is 2. The van der Waals surface area contributed by atoms with Gasteiger partial charge >= 0.3 is 6.18 Å². The van der Waals surface area contributed by atoms with Gasteiger partial charge in [-0.2, -0.15) is 13.2 Å². The lowest BCUT2D eigenvalue weighted by atomic mass is 10.1. The summed E-state index contributed by atoms with van der Waals surface area (Å²) in [5.74, 6) is 0.324. The van der Waals surface area contributed by atoms with Crippen molar-refractivity contribution in [2.45, 2.75) is 19.5 Å². The number of halogens is 3. The summed E-state index contributed by atoms with van der Waals surface area (Å²) >= 11 is 0. The lowest BCUT2D eigenvalue weighted by Crippen LogP contribution is -2.12. The Labute approximate surface area is 80.5 Å². The van der Waals surface area contributed by atoms with Crippen LogP contribution in [0.4, 0.5) is 13.2 Å². The van der Waals surface area contributed by atoms with Crippen LogP contribution in [-0.2, 0) is 6.42 Å². The fraction of sp³-hybridized carbons (Fsp3) is 0.400. The molecule has 0 aliphatic rings. The Bertz CT molecular complexity index is 318. The van der Waals surface area contributed by atoms with Crippen LogP contribution in [0.25, 0.3) is 0 Å². The standard InChI is InChI=1S/C10H11F3O/c1-7-4-3-5-8(9(7)14-2)6-10(11,12)13/h3-5H,6H2,1-2H3. The summed E-state index contributed by atoms with van der Waals surface area (Å²) in [6.45, 7) is 1.72. The number of alkyl halides is 3. The predicted octanol–water partition coefficient (Wildman–Crippen LogP) is 3.11. The molecule has 4 heteroatoms. The quantitative estimate of drug-likeness (QED) is 0.719. The minimum atomic E-state index is -4.19. The van der Waals surface area contributed by atoms with Gasteiger partial charge in [-0.3, -0.25) is 0 Å². The van der Waals surface area contributed by atoms with Crippen molar-refractivity contribution in [2.75, 3.05) is 7.11 Å². The van der Waals surface area contributed by atoms with Gasteiger partial charge in [0.25, 0.3) is 0 Å². The highest BCUT2D eigenvalue weighted by Crippen LogP contribution is 2.29. The van der Waals surface area contributed by atoms with Crippen LogP contribution in [-0.4, -0.2) is 13.3 Å². The number of hydrogen-bond acceptors (Lipinski definition) is 1. The number of methoxy groups -OCH3 is 1. The van der Waals surface area contributed by atoms with Gasteiger partial charge in [0.05, 0.1) is 13.5 Å². The van der Waals surface area contributed by atoms with E-state index in [1.807, 2.05) is 0 Å². The van der Waals surface area contributed by atoms with E-state index in [4.69, 9.17) is 4.74 Å². The first-order valence-electron chi connectivity index (χ1n) is 4.13. The molecule has 0 heterocycles. The zero-order valence-corrected chi connectivity index (χ0v) is 7.98. The molecule has 14 heavy (non-hydrogen) atoms. The molecule has 0 fully saturated rings. The third kappa shape index (κ3) is 2.65. The molecular weight excluding hydrogens is 193 g/mol. The van der Waals surface area contributed by atoms with E-state index in [0.717, 1.165) is 0 Å². The van der Waals surface area contributed by atoms with E-state index in [-0.39, 0.29) is 5.56 Å². The average molecular weight is 204 g/mol. The summed E-state index contributed by atoms with van der Waals surface area (Å²) < 4.78 is 41.3. The number of benzene rings is 1. The molecule has 0 amide bonds. The van der Waals surface area contributed by atoms with Crippen molar-refractivity contribution in [3.05, 3.63) is 29.3 Å². The van der Waals surface area contributed by atoms with Crippen molar-refractivity contribution >= 4 is 0 Å². The lowest BCUT2D eigenvalue weighted by molar-refractivity contribution is -0.127. The van der Waals surface area contributed by atoms with Crippen LogP contribution in [0.1, 0.15) is 11.1 Å². The topological polar surface area (TPSA) is 9.23 Å². The summed E-state index contributed by atoms with van der Waals surface area (Å²) in [5, 5.41) is 0. The Kier molecular flexibility index (Phi) is 3.03. The summed E-state index contributed by atoms with van der Waals surface area (Å²) in [6.07, 6.45) is -5.14. The maximum Gasteiger partial charge on any atom is 0.393 e. The van der Waals surface area contributed by atoms with E-state index < -0.39 is 12.6 Å². The number of para-hydroxylation sites is 1. The number of hydrogen-bond donors (Lipinski definition) is 0. The molecule has 0 atom stereocenters. The normalized spacial score (nSPS) is 11.5. The van der Waals surface area contributed by atoms with Crippen LogP contribution < -0.4 is 4.74 Å². The van der Waals surface area contributed by atoms with Crippen LogP contribution in [0.15, 0.2) is 18.2 Å². The molecule has 0 N–H and O–H groups in total. The molecule has 0 saturated heterocycles. The monoisotopic (exact) mass is 204 g/mol. The van der Waals surface area contributed by atoms with E-state index >= 15 is 0 Å². The average Bonchev–Trinajstić information content (AvgIpc) is 2.01. The highest BCUT2D eigenvalue weighted by molar-refractivity contribution is 5.41. The Morgan fingerprint density at radius 1 is 1.29 bits per heavy atom. The van der Waals surface area contributed by atoms with Gasteiger partial charge in [0.15, 0.2) is 0 Å². The summed E-state index contributed by atoms with van der Waals surface area (Å²) in [7, 11) is 1.38. The van der Waals surface area contributed by atoms with Crippen LogP contribution in [0, 0.1) is 6.92 Å². The van der Waals surface area contributed by atoms with Gasteiger partial charge in [-0.1, -0.05) is 18.2 Å². The molecule has 1 nitrogen and oxygen atoms in total. The van der Waals surface area contributed by atoms with Gasteiger partial charge in [-0.05, 0) is 12.5 Å². The molecule has 0 unspecified atom stereocenters. The molecule has 0 saturated carbocycles. The smallest absolute Gasteiger partial charge is 0.393 e. The second-order valence-electron chi connectivity index (χ2n) is 3.06. The SMILES string of the molecule is COc1c(C)cccc1CC(F)(F)F. The van der Waals surface area contributed by atoms with Crippen LogP contribution >= 0.6 is 0 Å². The lowest BCUT2D eigenvalue weighted by Gasteiger charge is -2.12. The first-order valence-corrected chi connectivity index (χ1v) is 4.13. The second kappa shape index (κ2) is 3.90. The molecule has 0 aliphatic carbocycles. The van der Waals surface area contributed by atoms with Crippen molar-refractivity contribution in [3.8, 4) is 5.75 Å². The largest absolute Gasteiger partial charge is 0.496 e. The first-order chi connectivity index (χ1) is 6.44. The zero-order chi connectivity index (χ0) is 10.8. The minimum absolute atomic E-state index is 0.181. The van der Waals surface area contributed by atoms with Gasteiger partial charge in [0, 0.05) is 5.56 Å². The molecular formula is C10H11F3O. The van der Waals surface area contributed by atoms with Crippen molar-refractivity contribution in [3.63, 3.8) is 0 Å². The van der Waals surface area contributed by atoms with E-state index in [9.17, 15) is 13.2 Å². The van der Waals surface area contributed by atoms with E-state index in [1.165, 1.54) is 13.2 Å². The molecule has 0 spiro atoms. The van der Waals surface area contributed by atoms with Gasteiger partial charge in [0.1, 0.15) is 5.75 Å². The number of ether oxygens (including phenoxy) is 1. The van der Waals surface area contributed by atoms with Gasteiger partial charge in [-0.15, -0.1) is 0 Å². The van der Waals surface area contributed by atoms with Crippen molar-refractivity contribution in [1.29, 1.82) is 0 Å². The van der Waals surface area contributed by atoms with Crippen molar-refractivity contribution in [2.24, 2.45) is 0 Å². The number of aryl methyl sites for hydroxylation is 1. The summed E-state index contributed by atoms with van der Waals surface area (Å²) in [4.78, 5) is 0. The van der Waals surface area contributed by atoms with Crippen LogP contribution in [0.5, 0.6) is 5.75 Å². The Hall–Kier alpha value is -1.19. The molecule has 0 aliphatic heterocycles. The summed E-state index contributed by atoms with van der Waals surface area (Å²) in [5.41, 5.74) is 0.897. The molecule has 1 aromatic carbocycles. The van der Waals surface area contributed by atoms with Gasteiger partial charge in [-0.25, -0.2) is 0 Å². The third-order valence-electron chi connectivity index (χ3n) is 1.89. The molecule has 0 bridgehead atoms. The highest BCUT2D eigenvalue weighted by Gasteiger charge is 2.29. The third-order valence-corrected chi connectivity index (χ3v) is 1.89. The fourth-order valence-corrected chi connectivity index (χ4v) is 1.36. The van der Waals surface area contributed by atoms with Gasteiger partial charge in [0.2, 0.25) is 0 Å². The van der Waals surface area contributed by atoms with Crippen LogP contribution in [0.3, 0.4) is 0 Å². The predicted molar refractivity (Wildman–Crippen MR) is 47.5 cm³/mol. The van der Waals surface area contributed by atoms with E-state index in [2.05, 4.69) is 0 Å². The molecule has 78 valence electrons. The molecule has 1 rings (SSSR count). The maximum atomic E-state index is 12.1. The van der Waals surface area contributed by atoms with Crippen LogP contribution in [0.2, 0.25) is 0 Å². The highest BCUT2D eigenvalue weighted by atomic mass is 19.4. The Morgan fingerprint density at radius 2 is 1.93 bits per heavy atom. The molecule has 0 aromatic heterocycles. The molecule has 0 radical (unpaired) electrons. The summed E-state index contributed by atoms with van der Waals surface area (Å²) in [6, 6.07) is 4.75. The first kappa shape index (κ1) is 10.9. The van der Waals surface area contributed by atoms with E-state index in [0.29, 0.717) is 11.3 Å². The van der Waals surface area contributed by atoms with E-state index in [1.54, 1.807) is 19.1 Å². The second-order valence-corrected chi connectivity index (χ2v) is 3.06. The maximum absolute atomic E-state index is 12.1. The Balaban J connectivity index is 3.02. The molecule has 1 aromatic rings. The Morgan fingerprint density at radius 3 is 2.43 bits per heavy atom. The fourth-order valence-electron chi connectivity index (χ4n) is 1.36. The van der Waals surface area contributed by atoms with Gasteiger partial charge < -0.3 is 4.74 Å². The minimum Gasteiger partial charge on any atom is -0.496 e.